The van der Waals surface area contributed by atoms with Crippen LogP contribution in [0.15, 0.2) is 48.8 Å². The second-order valence-corrected chi connectivity index (χ2v) is 15.3. The van der Waals surface area contributed by atoms with Gasteiger partial charge in [0.2, 0.25) is 11.8 Å². The number of ether oxygens (including phenoxy) is 2. The van der Waals surface area contributed by atoms with Crippen molar-refractivity contribution in [2.75, 3.05) is 20.2 Å². The third-order valence-corrected chi connectivity index (χ3v) is 11.0. The molecule has 3 aliphatic heterocycles. The lowest BCUT2D eigenvalue weighted by Crippen LogP contribution is -2.51. The van der Waals surface area contributed by atoms with Gasteiger partial charge in [-0.3, -0.25) is 9.59 Å². The van der Waals surface area contributed by atoms with Gasteiger partial charge >= 0.3 is 6.09 Å². The number of imidazole rings is 2. The van der Waals surface area contributed by atoms with Gasteiger partial charge in [-0.05, 0) is 61.8 Å². The average molecular weight is 750 g/mol. The molecule has 0 unspecified atom stereocenters. The summed E-state index contributed by atoms with van der Waals surface area (Å²) in [4.78, 5) is 58.3. The molecule has 3 aromatic heterocycles. The number of nitrogens with one attached hydrogen (secondary N) is 3. The number of aromatic nitrogens is 5. The van der Waals surface area contributed by atoms with E-state index >= 15 is 4.39 Å². The van der Waals surface area contributed by atoms with Crippen LogP contribution in [-0.2, 0) is 21.1 Å². The Morgan fingerprint density at radius 3 is 2.22 bits per heavy atom. The standard InChI is InChI=1S/C41H46FN8O5/c1-22(2)16-34(51)48-14-6-8-31(48)38-43-20-29(46-38)25-10-12-26-33(18-25)55-21-50-30-13-11-24(17-27(30)35(42)37(26)50)28-19-44-39(45-28)32-9-7-15-49(32)40(52)36(23(3)4)47-41(53)54-5/h10-13,16-20,22-23,31-32,36H,6-9,14-15,21H2,1-5H3,(H,43,46)(H,44,45)(H,47,53)/t31-,32-,36-/m0/s1. The monoisotopic (exact) mass is 749 g/mol. The van der Waals surface area contributed by atoms with Crippen LogP contribution in [0.25, 0.3) is 44.7 Å². The summed E-state index contributed by atoms with van der Waals surface area (Å²) in [6, 6.07) is 10.2. The van der Waals surface area contributed by atoms with E-state index in [1.807, 2.05) is 73.6 Å². The minimum Gasteiger partial charge on any atom is -0.472 e. The summed E-state index contributed by atoms with van der Waals surface area (Å²) in [6.07, 6.45) is 7.89. The number of H-pyrrole nitrogens is 2. The molecule has 5 aromatic rings. The number of hydrogen-bond acceptors (Lipinski definition) is 7. The molecular weight excluding hydrogens is 703 g/mol. The molecule has 3 N–H and O–H groups in total. The van der Waals surface area contributed by atoms with E-state index in [0.29, 0.717) is 52.5 Å². The van der Waals surface area contributed by atoms with Crippen molar-refractivity contribution in [1.82, 2.24) is 39.6 Å². The number of fused-ring (bicyclic) bond motifs is 5. The van der Waals surface area contributed by atoms with E-state index < -0.39 is 12.1 Å². The summed E-state index contributed by atoms with van der Waals surface area (Å²) in [6.45, 7) is 9.16. The molecule has 0 bridgehead atoms. The predicted molar refractivity (Wildman–Crippen MR) is 204 cm³/mol. The Hall–Kier alpha value is -5.66. The van der Waals surface area contributed by atoms with Crippen LogP contribution >= 0.6 is 0 Å². The Morgan fingerprint density at radius 2 is 1.56 bits per heavy atom. The van der Waals surface area contributed by atoms with Crippen LogP contribution in [0, 0.1) is 24.1 Å². The summed E-state index contributed by atoms with van der Waals surface area (Å²) in [5, 5.41) is 3.14. The number of methoxy groups -OCH3 is 1. The van der Waals surface area contributed by atoms with Crippen LogP contribution in [0.1, 0.15) is 77.1 Å². The lowest BCUT2D eigenvalue weighted by molar-refractivity contribution is -0.135. The number of amides is 3. The topological polar surface area (TPSA) is 150 Å². The third kappa shape index (κ3) is 6.61. The van der Waals surface area contributed by atoms with Crippen LogP contribution in [0.5, 0.6) is 5.75 Å². The Morgan fingerprint density at radius 1 is 0.927 bits per heavy atom. The molecule has 14 heteroatoms. The Balaban J connectivity index is 1.03. The van der Waals surface area contributed by atoms with E-state index in [1.54, 1.807) is 23.7 Å². The third-order valence-electron chi connectivity index (χ3n) is 11.0. The first kappa shape index (κ1) is 36.3. The lowest BCUT2D eigenvalue weighted by Gasteiger charge is -2.30. The largest absolute Gasteiger partial charge is 0.472 e. The molecular formula is C41H46FN8O5. The molecule has 55 heavy (non-hydrogen) atoms. The van der Waals surface area contributed by atoms with Gasteiger partial charge in [-0.25, -0.2) is 19.2 Å². The van der Waals surface area contributed by atoms with E-state index in [0.717, 1.165) is 48.3 Å². The first-order valence-corrected chi connectivity index (χ1v) is 19.0. The van der Waals surface area contributed by atoms with Gasteiger partial charge in [0.1, 0.15) is 23.4 Å². The van der Waals surface area contributed by atoms with E-state index in [2.05, 4.69) is 25.3 Å². The number of aromatic amines is 2. The van der Waals surface area contributed by atoms with Crippen molar-refractivity contribution in [3.05, 3.63) is 72.7 Å². The minimum absolute atomic E-state index is 0.0351. The zero-order valence-electron chi connectivity index (χ0n) is 31.7. The molecule has 13 nitrogen and oxygen atoms in total. The highest BCUT2D eigenvalue weighted by atomic mass is 19.1. The Bertz CT molecular complexity index is 2270. The maximum Gasteiger partial charge on any atom is 0.407 e. The van der Waals surface area contributed by atoms with Crippen molar-refractivity contribution in [2.24, 2.45) is 11.8 Å². The average Bonchev–Trinajstić information content (AvgIpc) is 4.02. The van der Waals surface area contributed by atoms with E-state index in [9.17, 15) is 14.4 Å². The zero-order chi connectivity index (χ0) is 38.5. The number of carbonyl (C=O) groups excluding carboxylic acids is 3. The molecule has 8 rings (SSSR count). The number of nitrogens with zero attached hydrogens (tertiary/aromatic N) is 5. The molecule has 2 aromatic carbocycles. The van der Waals surface area contributed by atoms with Crippen LogP contribution in [-0.4, -0.2) is 78.5 Å². The van der Waals surface area contributed by atoms with Gasteiger partial charge in [0, 0.05) is 35.2 Å². The molecule has 2 fully saturated rings. The molecule has 1 radical (unpaired) electrons. The maximum atomic E-state index is 16.5. The first-order valence-electron chi connectivity index (χ1n) is 19.0. The lowest BCUT2D eigenvalue weighted by atomic mass is 10.0. The Kier molecular flexibility index (Phi) is 9.60. The van der Waals surface area contributed by atoms with Gasteiger partial charge in [0.25, 0.3) is 0 Å². The van der Waals surface area contributed by atoms with Crippen molar-refractivity contribution in [1.29, 1.82) is 0 Å². The molecule has 0 spiro atoms. The van der Waals surface area contributed by atoms with Gasteiger partial charge < -0.3 is 39.1 Å². The summed E-state index contributed by atoms with van der Waals surface area (Å²) in [7, 11) is 1.27. The molecule has 3 atom stereocenters. The highest BCUT2D eigenvalue weighted by Crippen LogP contribution is 2.43. The maximum absolute atomic E-state index is 16.5. The van der Waals surface area contributed by atoms with Crippen LogP contribution in [0.2, 0.25) is 0 Å². The van der Waals surface area contributed by atoms with Gasteiger partial charge in [-0.1, -0.05) is 39.8 Å². The van der Waals surface area contributed by atoms with Crippen molar-refractivity contribution in [2.45, 2.75) is 78.2 Å². The zero-order valence-corrected chi connectivity index (χ0v) is 31.7. The number of alkyl carbamates (subject to hydrolysis) is 1. The fourth-order valence-corrected chi connectivity index (χ4v) is 8.21. The van der Waals surface area contributed by atoms with Crippen molar-refractivity contribution in [3.8, 4) is 39.5 Å². The smallest absolute Gasteiger partial charge is 0.407 e. The molecule has 287 valence electrons. The van der Waals surface area contributed by atoms with Crippen molar-refractivity contribution >= 4 is 28.8 Å². The van der Waals surface area contributed by atoms with Gasteiger partial charge in [-0.2, -0.15) is 0 Å². The van der Waals surface area contributed by atoms with Crippen molar-refractivity contribution in [3.63, 3.8) is 0 Å². The van der Waals surface area contributed by atoms with E-state index in [4.69, 9.17) is 9.47 Å². The highest BCUT2D eigenvalue weighted by Gasteiger charge is 2.38. The van der Waals surface area contributed by atoms with Crippen LogP contribution in [0.4, 0.5) is 9.18 Å². The summed E-state index contributed by atoms with van der Waals surface area (Å²) in [5.74, 6) is 1.51. The second kappa shape index (κ2) is 14.5. The summed E-state index contributed by atoms with van der Waals surface area (Å²) < 4.78 is 29.3. The van der Waals surface area contributed by atoms with Gasteiger partial charge in [-0.15, -0.1) is 0 Å². The SMILES string of the molecule is COC(=O)N[C@H](C(=O)N1CCC[C@H]1c1ncc(-c2ccc3c(c2)c(F)c2n3COc3cc(-c4cnc([C@@H]5CCCN5C(=O)[CH]C(C)C)[nH]4)ccc3-2)[nH]1)C(C)C. The molecule has 0 saturated carbocycles. The minimum atomic E-state index is -0.729. The summed E-state index contributed by atoms with van der Waals surface area (Å²) in [5.41, 5.74) is 4.93. The number of likely N-dealkylation sites (tertiary alicyclic amines) is 2. The first-order chi connectivity index (χ1) is 26.5. The fourth-order valence-electron chi connectivity index (χ4n) is 8.21. The quantitative estimate of drug-likeness (QED) is 0.145. The normalized spacial score (nSPS) is 18.5. The molecule has 2 saturated heterocycles. The number of hydrogen-bond donors (Lipinski definition) is 3. The summed E-state index contributed by atoms with van der Waals surface area (Å²) >= 11 is 0. The molecule has 0 aliphatic carbocycles. The second-order valence-electron chi connectivity index (χ2n) is 15.3. The number of carbonyl (C=O) groups is 3. The molecule has 3 aliphatic rings. The fraction of sp³-hybridized carbons (Fsp3) is 0.415. The van der Waals surface area contributed by atoms with Gasteiger partial charge in [0.15, 0.2) is 12.5 Å². The van der Waals surface area contributed by atoms with Crippen LogP contribution < -0.4 is 10.1 Å². The van der Waals surface area contributed by atoms with Gasteiger partial charge in [0.05, 0.1) is 60.6 Å². The van der Waals surface area contributed by atoms with Crippen molar-refractivity contribution < 1.29 is 28.2 Å². The number of rotatable bonds is 9. The number of halogens is 1. The molecule has 3 amide bonds. The predicted octanol–water partition coefficient (Wildman–Crippen LogP) is 7.15. The highest BCUT2D eigenvalue weighted by molar-refractivity contribution is 5.93. The van der Waals surface area contributed by atoms with E-state index in [-0.39, 0.29) is 48.3 Å². The van der Waals surface area contributed by atoms with Crippen LogP contribution in [0.3, 0.4) is 0 Å². The molecule has 6 heterocycles. The number of benzene rings is 2. The Labute approximate surface area is 318 Å². The van der Waals surface area contributed by atoms with E-state index in [1.165, 1.54) is 7.11 Å².